The van der Waals surface area contributed by atoms with Gasteiger partial charge < -0.3 is 5.11 Å². The van der Waals surface area contributed by atoms with Gasteiger partial charge in [-0.3, -0.25) is 4.90 Å². The van der Waals surface area contributed by atoms with Crippen LogP contribution in [0, 0.1) is 11.8 Å². The van der Waals surface area contributed by atoms with Gasteiger partial charge in [-0.15, -0.1) is 0 Å². The number of hydrogen-bond donors (Lipinski definition) is 1. The fraction of sp³-hybridized carbons (Fsp3) is 0.600. The van der Waals surface area contributed by atoms with Crippen molar-refractivity contribution in [3.05, 3.63) is 28.8 Å². The summed E-state index contributed by atoms with van der Waals surface area (Å²) >= 11 is 6.14. The van der Waals surface area contributed by atoms with E-state index in [0.29, 0.717) is 10.8 Å². The zero-order valence-corrected chi connectivity index (χ0v) is 12.0. The number of benzene rings is 1. The Morgan fingerprint density at radius 1 is 1.33 bits per heavy atom. The molecule has 2 nitrogen and oxygen atoms in total. The molecule has 0 unspecified atom stereocenters. The second-order valence-electron chi connectivity index (χ2n) is 5.60. The van der Waals surface area contributed by atoms with Crippen LogP contribution in [0.4, 0.5) is 0 Å². The summed E-state index contributed by atoms with van der Waals surface area (Å²) in [6.45, 7) is 7.58. The molecule has 0 aliphatic carbocycles. The van der Waals surface area contributed by atoms with E-state index >= 15 is 0 Å². The molecule has 1 aliphatic rings. The fourth-order valence-electron chi connectivity index (χ4n) is 2.71. The number of phenols is 1. The SMILES string of the molecule is CC(C)C1CCN(Cc2c(O)cccc2Cl)CC1. The van der Waals surface area contributed by atoms with Crippen LogP contribution in [0.15, 0.2) is 18.2 Å². The first kappa shape index (κ1) is 13.7. The number of aromatic hydroxyl groups is 1. The lowest BCUT2D eigenvalue weighted by Crippen LogP contribution is -2.34. The number of nitrogens with zero attached hydrogens (tertiary/aromatic N) is 1. The van der Waals surface area contributed by atoms with E-state index < -0.39 is 0 Å². The Labute approximate surface area is 115 Å². The average Bonchev–Trinajstić information content (AvgIpc) is 2.34. The summed E-state index contributed by atoms with van der Waals surface area (Å²) in [6, 6.07) is 5.34. The molecule has 0 aromatic heterocycles. The van der Waals surface area contributed by atoms with Crippen molar-refractivity contribution in [2.75, 3.05) is 13.1 Å². The molecular formula is C15H22ClNO. The molecule has 18 heavy (non-hydrogen) atoms. The quantitative estimate of drug-likeness (QED) is 0.897. The lowest BCUT2D eigenvalue weighted by Gasteiger charge is -2.34. The van der Waals surface area contributed by atoms with Crippen molar-refractivity contribution in [2.24, 2.45) is 11.8 Å². The number of hydrogen-bond acceptors (Lipinski definition) is 2. The molecule has 0 bridgehead atoms. The molecule has 1 aromatic rings. The predicted octanol–water partition coefficient (Wildman–Crippen LogP) is 3.91. The number of phenolic OH excluding ortho intramolecular Hbond substituents is 1. The third-order valence-electron chi connectivity index (χ3n) is 4.05. The first-order valence-electron chi connectivity index (χ1n) is 6.76. The van der Waals surface area contributed by atoms with Gasteiger partial charge in [-0.25, -0.2) is 0 Å². The van der Waals surface area contributed by atoms with E-state index in [9.17, 15) is 5.11 Å². The zero-order valence-electron chi connectivity index (χ0n) is 11.2. The molecule has 0 spiro atoms. The molecule has 1 aliphatic heterocycles. The summed E-state index contributed by atoms with van der Waals surface area (Å²) in [5.74, 6) is 1.94. The van der Waals surface area contributed by atoms with Crippen LogP contribution in [0.25, 0.3) is 0 Å². The van der Waals surface area contributed by atoms with Crippen LogP contribution >= 0.6 is 11.6 Å². The van der Waals surface area contributed by atoms with Gasteiger partial charge in [0.15, 0.2) is 0 Å². The molecule has 1 fully saturated rings. The maximum Gasteiger partial charge on any atom is 0.121 e. The van der Waals surface area contributed by atoms with E-state index in [0.717, 1.165) is 37.0 Å². The van der Waals surface area contributed by atoms with Gasteiger partial charge in [-0.1, -0.05) is 31.5 Å². The fourth-order valence-corrected chi connectivity index (χ4v) is 2.93. The van der Waals surface area contributed by atoms with E-state index in [1.807, 2.05) is 6.07 Å². The molecular weight excluding hydrogens is 246 g/mol. The highest BCUT2D eigenvalue weighted by Gasteiger charge is 2.22. The first-order chi connectivity index (χ1) is 8.58. The van der Waals surface area contributed by atoms with Crippen LogP contribution in [0.5, 0.6) is 5.75 Å². The number of piperidine rings is 1. The van der Waals surface area contributed by atoms with Crippen LogP contribution in [-0.4, -0.2) is 23.1 Å². The summed E-state index contributed by atoms with van der Waals surface area (Å²) in [7, 11) is 0. The molecule has 100 valence electrons. The van der Waals surface area contributed by atoms with Gasteiger partial charge in [0.05, 0.1) is 0 Å². The Balaban J connectivity index is 1.96. The number of rotatable bonds is 3. The molecule has 3 heteroatoms. The van der Waals surface area contributed by atoms with Crippen molar-refractivity contribution in [2.45, 2.75) is 33.2 Å². The molecule has 0 saturated carbocycles. The van der Waals surface area contributed by atoms with Crippen LogP contribution in [-0.2, 0) is 6.54 Å². The maximum atomic E-state index is 9.85. The Morgan fingerprint density at radius 3 is 2.56 bits per heavy atom. The minimum Gasteiger partial charge on any atom is -0.508 e. The Kier molecular flexibility index (Phi) is 4.52. The van der Waals surface area contributed by atoms with Crippen LogP contribution < -0.4 is 0 Å². The van der Waals surface area contributed by atoms with Crippen LogP contribution in [0.2, 0.25) is 5.02 Å². The monoisotopic (exact) mass is 267 g/mol. The summed E-state index contributed by atoms with van der Waals surface area (Å²) in [5.41, 5.74) is 0.863. The van der Waals surface area contributed by atoms with E-state index in [4.69, 9.17) is 11.6 Å². The molecule has 0 radical (unpaired) electrons. The van der Waals surface area contributed by atoms with E-state index in [-0.39, 0.29) is 0 Å². The van der Waals surface area contributed by atoms with Gasteiger partial charge in [-0.2, -0.15) is 0 Å². The Morgan fingerprint density at radius 2 is 2.00 bits per heavy atom. The van der Waals surface area contributed by atoms with Crippen LogP contribution in [0.1, 0.15) is 32.3 Å². The second kappa shape index (κ2) is 5.94. The van der Waals surface area contributed by atoms with E-state index in [1.54, 1.807) is 12.1 Å². The predicted molar refractivity (Wildman–Crippen MR) is 76.0 cm³/mol. The summed E-state index contributed by atoms with van der Waals surface area (Å²) in [6.07, 6.45) is 2.51. The number of halogens is 1. The van der Waals surface area contributed by atoms with Crippen molar-refractivity contribution < 1.29 is 5.11 Å². The van der Waals surface area contributed by atoms with Crippen molar-refractivity contribution in [3.8, 4) is 5.75 Å². The Bertz CT molecular complexity index is 377. The summed E-state index contributed by atoms with van der Waals surface area (Å²) in [5, 5.41) is 10.5. The topological polar surface area (TPSA) is 23.5 Å². The highest BCUT2D eigenvalue weighted by molar-refractivity contribution is 6.31. The smallest absolute Gasteiger partial charge is 0.121 e. The van der Waals surface area contributed by atoms with Gasteiger partial charge in [-0.05, 0) is 49.9 Å². The molecule has 0 atom stereocenters. The first-order valence-corrected chi connectivity index (χ1v) is 7.14. The normalized spacial score (nSPS) is 18.4. The van der Waals surface area contributed by atoms with Crippen molar-refractivity contribution in [1.29, 1.82) is 0 Å². The van der Waals surface area contributed by atoms with Crippen LogP contribution in [0.3, 0.4) is 0 Å². The number of likely N-dealkylation sites (tertiary alicyclic amines) is 1. The third kappa shape index (κ3) is 3.18. The van der Waals surface area contributed by atoms with Crippen molar-refractivity contribution in [3.63, 3.8) is 0 Å². The second-order valence-corrected chi connectivity index (χ2v) is 6.00. The Hall–Kier alpha value is -0.730. The molecule has 0 amide bonds. The molecule has 1 aromatic carbocycles. The summed E-state index contributed by atoms with van der Waals surface area (Å²) < 4.78 is 0. The standard InChI is InChI=1S/C15H22ClNO/c1-11(2)12-6-8-17(9-7-12)10-13-14(16)4-3-5-15(13)18/h3-5,11-12,18H,6-10H2,1-2H3. The highest BCUT2D eigenvalue weighted by Crippen LogP contribution is 2.30. The van der Waals surface area contributed by atoms with Gasteiger partial charge in [0.25, 0.3) is 0 Å². The van der Waals surface area contributed by atoms with E-state index in [2.05, 4.69) is 18.7 Å². The molecule has 1 N–H and O–H groups in total. The molecule has 2 rings (SSSR count). The maximum absolute atomic E-state index is 9.85. The minimum atomic E-state index is 0.313. The van der Waals surface area contributed by atoms with Crippen molar-refractivity contribution >= 4 is 11.6 Å². The lowest BCUT2D eigenvalue weighted by molar-refractivity contribution is 0.151. The highest BCUT2D eigenvalue weighted by atomic mass is 35.5. The third-order valence-corrected chi connectivity index (χ3v) is 4.41. The van der Waals surface area contributed by atoms with Gasteiger partial charge in [0.2, 0.25) is 0 Å². The van der Waals surface area contributed by atoms with E-state index in [1.165, 1.54) is 12.8 Å². The molecule has 1 saturated heterocycles. The van der Waals surface area contributed by atoms with Gasteiger partial charge >= 0.3 is 0 Å². The summed E-state index contributed by atoms with van der Waals surface area (Å²) in [4.78, 5) is 2.39. The average molecular weight is 268 g/mol. The van der Waals surface area contributed by atoms with Gasteiger partial charge in [0.1, 0.15) is 5.75 Å². The molecule has 1 heterocycles. The van der Waals surface area contributed by atoms with Crippen molar-refractivity contribution in [1.82, 2.24) is 4.90 Å². The van der Waals surface area contributed by atoms with Gasteiger partial charge in [0, 0.05) is 17.1 Å². The minimum absolute atomic E-state index is 0.313. The largest absolute Gasteiger partial charge is 0.508 e. The zero-order chi connectivity index (χ0) is 13.1. The lowest BCUT2D eigenvalue weighted by atomic mass is 9.86.